The second kappa shape index (κ2) is 6.37. The van der Waals surface area contributed by atoms with E-state index in [0.29, 0.717) is 11.8 Å². The highest BCUT2D eigenvalue weighted by atomic mass is 16.6. The summed E-state index contributed by atoms with van der Waals surface area (Å²) in [6.07, 6.45) is 3.95. The van der Waals surface area contributed by atoms with Gasteiger partial charge in [0, 0.05) is 5.54 Å². The van der Waals surface area contributed by atoms with Gasteiger partial charge in [0.15, 0.2) is 11.5 Å². The van der Waals surface area contributed by atoms with Gasteiger partial charge >= 0.3 is 6.09 Å². The maximum absolute atomic E-state index is 12.2. The molecule has 1 aliphatic carbocycles. The molecule has 2 N–H and O–H groups in total. The molecule has 0 heterocycles. The number of para-hydroxylation sites is 2. The highest BCUT2D eigenvalue weighted by molar-refractivity contribution is 5.72. The Morgan fingerprint density at radius 1 is 1.38 bits per heavy atom. The Kier molecular flexibility index (Phi) is 4.76. The second-order valence-electron chi connectivity index (χ2n) is 6.32. The molecule has 0 aromatic heterocycles. The summed E-state index contributed by atoms with van der Waals surface area (Å²) in [6, 6.07) is 6.51. The zero-order chi connectivity index (χ0) is 15.5. The maximum atomic E-state index is 12.2. The van der Waals surface area contributed by atoms with Crippen LogP contribution in [0, 0.1) is 11.8 Å². The first-order valence-corrected chi connectivity index (χ1v) is 7.73. The largest absolute Gasteiger partial charge is 0.504 e. The van der Waals surface area contributed by atoms with Gasteiger partial charge in [0.05, 0.1) is 0 Å². The number of carbonyl (C=O) groups excluding carboxylic acids is 1. The molecule has 4 nitrogen and oxygen atoms in total. The smallest absolute Gasteiger partial charge is 0.413 e. The Bertz CT molecular complexity index is 501. The molecular weight excluding hydrogens is 266 g/mol. The number of hydrogen-bond acceptors (Lipinski definition) is 3. The summed E-state index contributed by atoms with van der Waals surface area (Å²) in [6.45, 7) is 6.48. The third-order valence-electron chi connectivity index (χ3n) is 4.79. The van der Waals surface area contributed by atoms with Gasteiger partial charge in [0.1, 0.15) is 0 Å². The van der Waals surface area contributed by atoms with Crippen LogP contribution in [-0.4, -0.2) is 16.7 Å². The molecule has 1 saturated carbocycles. The third kappa shape index (κ3) is 3.31. The lowest BCUT2D eigenvalue weighted by Crippen LogP contribution is -2.58. The number of hydrogen-bond donors (Lipinski definition) is 2. The standard InChI is InChI=1S/C17H25NO3/c1-12(2)17(11-7-6-8-13(17)3)18-16(20)21-15-10-5-4-9-14(15)19/h4-5,9-10,12-13,19H,6-8,11H2,1-3H3,(H,18,20)/t13?,17-/m0/s1. The first-order valence-electron chi connectivity index (χ1n) is 7.73. The van der Waals surface area contributed by atoms with Crippen LogP contribution in [0.1, 0.15) is 46.5 Å². The van der Waals surface area contributed by atoms with E-state index in [1.165, 1.54) is 12.5 Å². The highest BCUT2D eigenvalue weighted by Gasteiger charge is 2.42. The number of rotatable bonds is 3. The lowest BCUT2D eigenvalue weighted by molar-refractivity contribution is 0.0954. The van der Waals surface area contributed by atoms with Crippen LogP contribution in [0.15, 0.2) is 24.3 Å². The van der Waals surface area contributed by atoms with Gasteiger partial charge in [-0.15, -0.1) is 0 Å². The van der Waals surface area contributed by atoms with Crippen molar-refractivity contribution >= 4 is 6.09 Å². The van der Waals surface area contributed by atoms with Crippen LogP contribution in [0.5, 0.6) is 11.5 Å². The lowest BCUT2D eigenvalue weighted by atomic mass is 9.67. The molecule has 1 aromatic rings. The summed E-state index contributed by atoms with van der Waals surface area (Å²) in [5.74, 6) is 0.924. The number of amides is 1. The van der Waals surface area contributed by atoms with E-state index in [-0.39, 0.29) is 17.0 Å². The molecule has 1 fully saturated rings. The first kappa shape index (κ1) is 15.7. The van der Waals surface area contributed by atoms with Crippen LogP contribution in [0.2, 0.25) is 0 Å². The van der Waals surface area contributed by atoms with E-state index in [9.17, 15) is 9.90 Å². The van der Waals surface area contributed by atoms with E-state index in [4.69, 9.17) is 4.74 Å². The fourth-order valence-electron chi connectivity index (χ4n) is 3.42. The Morgan fingerprint density at radius 3 is 2.71 bits per heavy atom. The summed E-state index contributed by atoms with van der Waals surface area (Å²) in [5.41, 5.74) is -0.222. The van der Waals surface area contributed by atoms with Crippen LogP contribution in [0.4, 0.5) is 4.79 Å². The zero-order valence-corrected chi connectivity index (χ0v) is 13.1. The van der Waals surface area contributed by atoms with Gasteiger partial charge in [-0.25, -0.2) is 4.79 Å². The van der Waals surface area contributed by atoms with Crippen molar-refractivity contribution in [3.8, 4) is 11.5 Å². The summed E-state index contributed by atoms with van der Waals surface area (Å²) in [5, 5.41) is 12.8. The maximum Gasteiger partial charge on any atom is 0.413 e. The number of nitrogens with one attached hydrogen (secondary N) is 1. The minimum atomic E-state index is -0.487. The highest BCUT2D eigenvalue weighted by Crippen LogP contribution is 2.39. The Labute approximate surface area is 126 Å². The average Bonchev–Trinajstić information content (AvgIpc) is 2.44. The Hall–Kier alpha value is -1.71. The molecule has 1 unspecified atom stereocenters. The number of phenols is 1. The molecule has 0 bridgehead atoms. The summed E-state index contributed by atoms with van der Waals surface area (Å²) in [4.78, 5) is 12.2. The molecule has 4 heteroatoms. The fraction of sp³-hybridized carbons (Fsp3) is 0.588. The molecule has 1 aromatic carbocycles. The molecule has 0 saturated heterocycles. The third-order valence-corrected chi connectivity index (χ3v) is 4.79. The fourth-order valence-corrected chi connectivity index (χ4v) is 3.42. The number of phenolic OH excluding ortho intramolecular Hbond substituents is 1. The number of ether oxygens (including phenoxy) is 1. The number of aromatic hydroxyl groups is 1. The summed E-state index contributed by atoms with van der Waals surface area (Å²) < 4.78 is 5.27. The summed E-state index contributed by atoms with van der Waals surface area (Å²) in [7, 11) is 0. The van der Waals surface area contributed by atoms with Gasteiger partial charge in [-0.05, 0) is 36.8 Å². The van der Waals surface area contributed by atoms with Crippen molar-refractivity contribution in [2.24, 2.45) is 11.8 Å². The second-order valence-corrected chi connectivity index (χ2v) is 6.32. The van der Waals surface area contributed by atoms with E-state index in [1.807, 2.05) is 0 Å². The van der Waals surface area contributed by atoms with E-state index in [2.05, 4.69) is 26.1 Å². The van der Waals surface area contributed by atoms with Gasteiger partial charge in [-0.1, -0.05) is 45.7 Å². The van der Waals surface area contributed by atoms with E-state index >= 15 is 0 Å². The van der Waals surface area contributed by atoms with Gasteiger partial charge in [0.2, 0.25) is 0 Å². The minimum absolute atomic E-state index is 0.0251. The normalized spacial score (nSPS) is 25.6. The number of benzene rings is 1. The van der Waals surface area contributed by atoms with Crippen molar-refractivity contribution in [2.45, 2.75) is 52.0 Å². The van der Waals surface area contributed by atoms with Gasteiger partial charge in [-0.2, -0.15) is 0 Å². The lowest BCUT2D eigenvalue weighted by Gasteiger charge is -2.46. The number of carbonyl (C=O) groups is 1. The van der Waals surface area contributed by atoms with Crippen molar-refractivity contribution < 1.29 is 14.6 Å². The molecule has 0 spiro atoms. The SMILES string of the molecule is CC(C)[C@@]1(NC(=O)Oc2ccccc2O)CCCCC1C. The molecule has 2 atom stereocenters. The van der Waals surface area contributed by atoms with Crippen LogP contribution in [-0.2, 0) is 0 Å². The monoisotopic (exact) mass is 291 g/mol. The van der Waals surface area contributed by atoms with Crippen LogP contribution >= 0.6 is 0 Å². The predicted octanol–water partition coefficient (Wildman–Crippen LogP) is 4.09. The molecule has 2 rings (SSSR count). The van der Waals surface area contributed by atoms with Crippen molar-refractivity contribution in [3.05, 3.63) is 24.3 Å². The first-order chi connectivity index (χ1) is 9.95. The molecule has 21 heavy (non-hydrogen) atoms. The van der Waals surface area contributed by atoms with Crippen molar-refractivity contribution in [1.29, 1.82) is 0 Å². The van der Waals surface area contributed by atoms with Crippen molar-refractivity contribution in [3.63, 3.8) is 0 Å². The molecule has 0 radical (unpaired) electrons. The van der Waals surface area contributed by atoms with Gasteiger partial charge in [0.25, 0.3) is 0 Å². The Balaban J connectivity index is 2.10. The molecule has 116 valence electrons. The zero-order valence-electron chi connectivity index (χ0n) is 13.1. The van der Waals surface area contributed by atoms with Gasteiger partial charge < -0.3 is 15.2 Å². The van der Waals surface area contributed by atoms with Crippen LogP contribution in [0.3, 0.4) is 0 Å². The average molecular weight is 291 g/mol. The summed E-state index contributed by atoms with van der Waals surface area (Å²) >= 11 is 0. The van der Waals surface area contributed by atoms with E-state index < -0.39 is 6.09 Å². The van der Waals surface area contributed by atoms with Crippen molar-refractivity contribution in [2.75, 3.05) is 0 Å². The molecular formula is C17H25NO3. The molecule has 0 aliphatic heterocycles. The predicted molar refractivity (Wildman–Crippen MR) is 82.5 cm³/mol. The van der Waals surface area contributed by atoms with E-state index in [0.717, 1.165) is 19.3 Å². The Morgan fingerprint density at radius 2 is 2.10 bits per heavy atom. The van der Waals surface area contributed by atoms with Gasteiger partial charge in [-0.3, -0.25) is 0 Å². The topological polar surface area (TPSA) is 58.6 Å². The molecule has 1 aliphatic rings. The quantitative estimate of drug-likeness (QED) is 0.882. The van der Waals surface area contributed by atoms with Crippen LogP contribution < -0.4 is 10.1 Å². The minimum Gasteiger partial charge on any atom is -0.504 e. The van der Waals surface area contributed by atoms with Crippen LogP contribution in [0.25, 0.3) is 0 Å². The molecule has 1 amide bonds. The van der Waals surface area contributed by atoms with Crippen molar-refractivity contribution in [1.82, 2.24) is 5.32 Å². The van der Waals surface area contributed by atoms with E-state index in [1.54, 1.807) is 18.2 Å².